The number of hydrogen-bond donors (Lipinski definition) is 1. The number of aliphatic carboxylic acids is 1. The Morgan fingerprint density at radius 1 is 0.675 bits per heavy atom. The maximum Gasteiger partial charge on any atom is 0.310 e. The van der Waals surface area contributed by atoms with Gasteiger partial charge in [-0.25, -0.2) is 0 Å². The van der Waals surface area contributed by atoms with E-state index in [0.29, 0.717) is 19.6 Å². The summed E-state index contributed by atoms with van der Waals surface area (Å²) in [7, 11) is 0. The SMILES string of the molecule is CCCCOc1ccc2cccc(CC(=O)O)c2c1.CCCCOc1ccc2cccc(CC(=O)OCC)c2c1. The van der Waals surface area contributed by atoms with Crippen LogP contribution >= 0.6 is 0 Å². The average Bonchev–Trinajstić information content (AvgIpc) is 2.94. The van der Waals surface area contributed by atoms with E-state index in [-0.39, 0.29) is 12.4 Å². The summed E-state index contributed by atoms with van der Waals surface area (Å²) in [6.45, 7) is 7.91. The fourth-order valence-electron chi connectivity index (χ4n) is 4.32. The molecule has 1 N–H and O–H groups in total. The number of carbonyl (C=O) groups is 2. The average molecular weight is 545 g/mol. The molecule has 4 aromatic rings. The maximum absolute atomic E-state index is 11.7. The summed E-state index contributed by atoms with van der Waals surface area (Å²) in [5.74, 6) is 0.651. The molecule has 0 radical (unpaired) electrons. The van der Waals surface area contributed by atoms with Crippen molar-refractivity contribution in [2.45, 2.75) is 59.3 Å². The van der Waals surface area contributed by atoms with E-state index >= 15 is 0 Å². The first-order valence-corrected chi connectivity index (χ1v) is 14.1. The molecule has 0 amide bonds. The Balaban J connectivity index is 0.000000222. The highest BCUT2D eigenvalue weighted by atomic mass is 16.5. The molecule has 0 bridgehead atoms. The van der Waals surface area contributed by atoms with Gasteiger partial charge in [-0.15, -0.1) is 0 Å². The topological polar surface area (TPSA) is 82.1 Å². The minimum Gasteiger partial charge on any atom is -0.494 e. The van der Waals surface area contributed by atoms with Crippen molar-refractivity contribution in [1.82, 2.24) is 0 Å². The van der Waals surface area contributed by atoms with Crippen molar-refractivity contribution >= 4 is 33.5 Å². The van der Waals surface area contributed by atoms with Gasteiger partial charge in [-0.2, -0.15) is 0 Å². The molecule has 0 atom stereocenters. The van der Waals surface area contributed by atoms with E-state index < -0.39 is 5.97 Å². The van der Waals surface area contributed by atoms with Gasteiger partial charge >= 0.3 is 11.9 Å². The molecule has 0 spiro atoms. The Labute approximate surface area is 236 Å². The molecular weight excluding hydrogens is 504 g/mol. The normalized spacial score (nSPS) is 10.6. The molecule has 0 aromatic heterocycles. The Morgan fingerprint density at radius 2 is 1.18 bits per heavy atom. The van der Waals surface area contributed by atoms with Crippen molar-refractivity contribution < 1.29 is 28.9 Å². The van der Waals surface area contributed by atoms with Crippen molar-refractivity contribution in [3.05, 3.63) is 83.9 Å². The summed E-state index contributed by atoms with van der Waals surface area (Å²) in [5, 5.41) is 13.1. The summed E-state index contributed by atoms with van der Waals surface area (Å²) < 4.78 is 16.4. The zero-order valence-electron chi connectivity index (χ0n) is 23.8. The molecule has 0 unspecified atom stereocenters. The molecule has 40 heavy (non-hydrogen) atoms. The number of carbonyl (C=O) groups excluding carboxylic acids is 1. The predicted molar refractivity (Wildman–Crippen MR) is 160 cm³/mol. The van der Waals surface area contributed by atoms with Crippen LogP contribution in [0, 0.1) is 0 Å². The lowest BCUT2D eigenvalue weighted by molar-refractivity contribution is -0.142. The van der Waals surface area contributed by atoms with Crippen LogP contribution in [-0.4, -0.2) is 36.9 Å². The Morgan fingerprint density at radius 3 is 1.62 bits per heavy atom. The number of esters is 1. The zero-order chi connectivity index (χ0) is 28.7. The molecule has 4 rings (SSSR count). The van der Waals surface area contributed by atoms with Crippen LogP contribution in [0.2, 0.25) is 0 Å². The van der Waals surface area contributed by atoms with E-state index in [4.69, 9.17) is 19.3 Å². The first-order valence-electron chi connectivity index (χ1n) is 14.1. The Bertz CT molecular complexity index is 1390. The molecule has 0 heterocycles. The van der Waals surface area contributed by atoms with E-state index in [9.17, 15) is 9.59 Å². The monoisotopic (exact) mass is 544 g/mol. The molecule has 0 aliphatic heterocycles. The maximum atomic E-state index is 11.7. The van der Waals surface area contributed by atoms with E-state index in [0.717, 1.165) is 76.5 Å². The quantitative estimate of drug-likeness (QED) is 0.137. The molecule has 212 valence electrons. The predicted octanol–water partition coefficient (Wildman–Crippen LogP) is 7.77. The highest BCUT2D eigenvalue weighted by molar-refractivity contribution is 5.90. The molecular formula is C34H40O6. The number of unbranched alkanes of at least 4 members (excludes halogenated alkanes) is 2. The molecule has 4 aromatic carbocycles. The first kappa shape index (κ1) is 30.5. The van der Waals surface area contributed by atoms with E-state index in [1.54, 1.807) is 0 Å². The van der Waals surface area contributed by atoms with Crippen LogP contribution < -0.4 is 9.47 Å². The number of fused-ring (bicyclic) bond motifs is 2. The molecule has 6 heteroatoms. The van der Waals surface area contributed by atoms with Gasteiger partial charge in [0.1, 0.15) is 11.5 Å². The van der Waals surface area contributed by atoms with Crippen LogP contribution in [0.1, 0.15) is 57.6 Å². The number of hydrogen-bond acceptors (Lipinski definition) is 5. The van der Waals surface area contributed by atoms with Gasteiger partial charge in [-0.05, 0) is 76.7 Å². The number of benzene rings is 4. The number of carboxylic acids is 1. The lowest BCUT2D eigenvalue weighted by Gasteiger charge is -2.10. The van der Waals surface area contributed by atoms with Crippen LogP contribution in [0.15, 0.2) is 72.8 Å². The zero-order valence-corrected chi connectivity index (χ0v) is 23.8. The molecule has 0 saturated carbocycles. The summed E-state index contributed by atoms with van der Waals surface area (Å²) in [5.41, 5.74) is 1.80. The minimum absolute atomic E-state index is 0.0375. The fourth-order valence-corrected chi connectivity index (χ4v) is 4.32. The second-order valence-electron chi connectivity index (χ2n) is 9.56. The van der Waals surface area contributed by atoms with E-state index in [1.165, 1.54) is 0 Å². The third-order valence-corrected chi connectivity index (χ3v) is 6.40. The second kappa shape index (κ2) is 16.1. The van der Waals surface area contributed by atoms with Crippen molar-refractivity contribution in [2.24, 2.45) is 0 Å². The van der Waals surface area contributed by atoms with Gasteiger partial charge in [-0.1, -0.05) is 75.2 Å². The van der Waals surface area contributed by atoms with Gasteiger partial charge < -0.3 is 19.3 Å². The Hall–Kier alpha value is -4.06. The van der Waals surface area contributed by atoms with Crippen molar-refractivity contribution in [1.29, 1.82) is 0 Å². The molecule has 0 aliphatic rings. The lowest BCUT2D eigenvalue weighted by atomic mass is 10.0. The highest BCUT2D eigenvalue weighted by Crippen LogP contribution is 2.26. The Kier molecular flexibility index (Phi) is 12.3. The highest BCUT2D eigenvalue weighted by Gasteiger charge is 2.09. The summed E-state index contributed by atoms with van der Waals surface area (Å²) in [4.78, 5) is 22.6. The first-order chi connectivity index (χ1) is 19.4. The number of ether oxygens (including phenoxy) is 3. The van der Waals surface area contributed by atoms with Gasteiger partial charge in [0.25, 0.3) is 0 Å². The number of carboxylic acid groups (broad SMARTS) is 1. The summed E-state index contributed by atoms with van der Waals surface area (Å²) in [6.07, 6.45) is 4.61. The molecule has 0 aliphatic carbocycles. The standard InChI is InChI=1S/C18H22O3.C16H18O3/c1-3-5-11-21-16-10-9-14-7-6-8-15(17(14)13-16)12-18(19)20-4-2;1-2-3-9-19-14-8-7-12-5-4-6-13(10-16(17)18)15(12)11-14/h6-10,13H,3-5,11-12H2,1-2H3;4-8,11H,2-3,9-10H2,1H3,(H,17,18). The fraction of sp³-hybridized carbons (Fsp3) is 0.353. The van der Waals surface area contributed by atoms with Crippen LogP contribution in [-0.2, 0) is 27.2 Å². The van der Waals surface area contributed by atoms with Gasteiger partial charge in [0.05, 0.1) is 32.7 Å². The third kappa shape index (κ3) is 9.30. The van der Waals surface area contributed by atoms with Gasteiger partial charge in [0.2, 0.25) is 0 Å². The summed E-state index contributed by atoms with van der Waals surface area (Å²) in [6, 6.07) is 23.6. The van der Waals surface area contributed by atoms with Crippen LogP contribution in [0.4, 0.5) is 0 Å². The summed E-state index contributed by atoms with van der Waals surface area (Å²) >= 11 is 0. The van der Waals surface area contributed by atoms with E-state index in [2.05, 4.69) is 13.8 Å². The molecule has 0 fully saturated rings. The van der Waals surface area contributed by atoms with Gasteiger partial charge in [0, 0.05) is 0 Å². The largest absolute Gasteiger partial charge is 0.494 e. The van der Waals surface area contributed by atoms with E-state index in [1.807, 2.05) is 79.7 Å². The van der Waals surface area contributed by atoms with Gasteiger partial charge in [-0.3, -0.25) is 9.59 Å². The van der Waals surface area contributed by atoms with Gasteiger partial charge in [0.15, 0.2) is 0 Å². The smallest absolute Gasteiger partial charge is 0.310 e. The minimum atomic E-state index is -0.815. The molecule has 0 saturated heterocycles. The third-order valence-electron chi connectivity index (χ3n) is 6.40. The van der Waals surface area contributed by atoms with Crippen LogP contribution in [0.25, 0.3) is 21.5 Å². The second-order valence-corrected chi connectivity index (χ2v) is 9.56. The van der Waals surface area contributed by atoms with Crippen molar-refractivity contribution in [3.63, 3.8) is 0 Å². The number of rotatable bonds is 13. The van der Waals surface area contributed by atoms with Crippen LogP contribution in [0.3, 0.4) is 0 Å². The van der Waals surface area contributed by atoms with Crippen LogP contribution in [0.5, 0.6) is 11.5 Å². The molecule has 6 nitrogen and oxygen atoms in total. The van der Waals surface area contributed by atoms with Crippen molar-refractivity contribution in [2.75, 3.05) is 19.8 Å². The van der Waals surface area contributed by atoms with Crippen molar-refractivity contribution in [3.8, 4) is 11.5 Å². The lowest BCUT2D eigenvalue weighted by Crippen LogP contribution is -2.07.